The van der Waals surface area contributed by atoms with Gasteiger partial charge in [0.05, 0.1) is 5.56 Å². The monoisotopic (exact) mass is 266 g/mol. The summed E-state index contributed by atoms with van der Waals surface area (Å²) >= 11 is 0. The zero-order valence-corrected chi connectivity index (χ0v) is 9.61. The summed E-state index contributed by atoms with van der Waals surface area (Å²) in [6, 6.07) is 8.61. The second kappa shape index (κ2) is 5.09. The van der Waals surface area contributed by atoms with E-state index in [1.807, 2.05) is 0 Å². The Bertz CT molecular complexity index is 562. The number of ether oxygens (including phenoxy) is 1. The van der Waals surface area contributed by atoms with Gasteiger partial charge in [-0.1, -0.05) is 0 Å². The Morgan fingerprint density at radius 3 is 2.21 bits per heavy atom. The fourth-order valence-corrected chi connectivity index (χ4v) is 1.36. The van der Waals surface area contributed by atoms with Crippen LogP contribution in [0.4, 0.5) is 13.2 Å². The summed E-state index contributed by atoms with van der Waals surface area (Å²) in [5, 5.41) is 7.03. The number of benzene rings is 1. The van der Waals surface area contributed by atoms with Crippen LogP contribution in [0.15, 0.2) is 42.6 Å². The van der Waals surface area contributed by atoms with Gasteiger partial charge in [-0.3, -0.25) is 0 Å². The third-order valence-corrected chi connectivity index (χ3v) is 2.33. The highest BCUT2D eigenvalue weighted by molar-refractivity contribution is 5.76. The number of aromatic nitrogens is 1. The van der Waals surface area contributed by atoms with Crippen molar-refractivity contribution in [1.29, 1.82) is 5.41 Å². The molecule has 1 N–H and O–H groups in total. The molecule has 0 radical (unpaired) electrons. The summed E-state index contributed by atoms with van der Waals surface area (Å²) in [4.78, 5) is 3.60. The number of rotatable bonds is 3. The minimum Gasteiger partial charge on any atom is -0.439 e. The zero-order valence-electron chi connectivity index (χ0n) is 9.61. The molecule has 0 fully saturated rings. The van der Waals surface area contributed by atoms with E-state index >= 15 is 0 Å². The van der Waals surface area contributed by atoms with Crippen molar-refractivity contribution in [2.75, 3.05) is 0 Å². The van der Waals surface area contributed by atoms with Crippen LogP contribution in [0.2, 0.25) is 0 Å². The second-order valence-electron chi connectivity index (χ2n) is 3.70. The van der Waals surface area contributed by atoms with E-state index in [1.54, 1.807) is 24.3 Å². The van der Waals surface area contributed by atoms with Gasteiger partial charge in [-0.25, -0.2) is 4.98 Å². The Morgan fingerprint density at radius 2 is 1.74 bits per heavy atom. The normalized spacial score (nSPS) is 11.1. The molecule has 19 heavy (non-hydrogen) atoms. The maximum absolute atomic E-state index is 12.3. The van der Waals surface area contributed by atoms with Gasteiger partial charge in [0, 0.05) is 18.5 Å². The fourth-order valence-electron chi connectivity index (χ4n) is 1.36. The first-order chi connectivity index (χ1) is 8.99. The van der Waals surface area contributed by atoms with Gasteiger partial charge >= 0.3 is 6.18 Å². The van der Waals surface area contributed by atoms with Crippen LogP contribution in [0.25, 0.3) is 0 Å². The number of alkyl halides is 3. The largest absolute Gasteiger partial charge is 0.439 e. The number of halogens is 3. The molecule has 0 aliphatic rings. The molecule has 0 saturated carbocycles. The maximum Gasteiger partial charge on any atom is 0.417 e. The first-order valence-electron chi connectivity index (χ1n) is 5.31. The van der Waals surface area contributed by atoms with Gasteiger partial charge in [0.15, 0.2) is 0 Å². The molecule has 0 atom stereocenters. The SMILES string of the molecule is N=Cc1ccc(Oc2ccc(C(F)(F)F)cn2)cc1. The molecule has 98 valence electrons. The lowest BCUT2D eigenvalue weighted by molar-refractivity contribution is -0.137. The summed E-state index contributed by atoms with van der Waals surface area (Å²) in [5.41, 5.74) is -0.119. The van der Waals surface area contributed by atoms with Crippen molar-refractivity contribution in [2.45, 2.75) is 6.18 Å². The zero-order chi connectivity index (χ0) is 13.9. The van der Waals surface area contributed by atoms with Crippen LogP contribution in [0, 0.1) is 5.41 Å². The molecular weight excluding hydrogens is 257 g/mol. The standard InChI is InChI=1S/C13H9F3N2O/c14-13(15,16)10-3-6-12(18-8-10)19-11-4-1-9(7-17)2-5-11/h1-8,17H. The third kappa shape index (κ3) is 3.31. The molecule has 0 aliphatic carbocycles. The third-order valence-electron chi connectivity index (χ3n) is 2.33. The van der Waals surface area contributed by atoms with Crippen molar-refractivity contribution in [3.63, 3.8) is 0 Å². The van der Waals surface area contributed by atoms with Crippen LogP contribution < -0.4 is 4.74 Å². The highest BCUT2D eigenvalue weighted by Crippen LogP contribution is 2.29. The van der Waals surface area contributed by atoms with E-state index in [9.17, 15) is 13.2 Å². The van der Waals surface area contributed by atoms with Gasteiger partial charge in [-0.2, -0.15) is 13.2 Å². The molecule has 0 aliphatic heterocycles. The lowest BCUT2D eigenvalue weighted by Gasteiger charge is -2.08. The second-order valence-corrected chi connectivity index (χ2v) is 3.70. The van der Waals surface area contributed by atoms with Crippen molar-refractivity contribution in [3.8, 4) is 11.6 Å². The first-order valence-corrected chi connectivity index (χ1v) is 5.31. The van der Waals surface area contributed by atoms with Crippen LogP contribution in [0.5, 0.6) is 11.6 Å². The van der Waals surface area contributed by atoms with Gasteiger partial charge in [-0.05, 0) is 35.9 Å². The van der Waals surface area contributed by atoms with Crippen LogP contribution in [0.1, 0.15) is 11.1 Å². The Hall–Kier alpha value is -2.37. The van der Waals surface area contributed by atoms with E-state index in [0.717, 1.165) is 18.3 Å². The summed E-state index contributed by atoms with van der Waals surface area (Å²) < 4.78 is 42.3. The molecule has 1 aromatic heterocycles. The molecule has 2 aromatic rings. The van der Waals surface area contributed by atoms with E-state index in [1.165, 1.54) is 6.21 Å². The van der Waals surface area contributed by atoms with E-state index in [2.05, 4.69) is 4.98 Å². The summed E-state index contributed by atoms with van der Waals surface area (Å²) in [7, 11) is 0. The average Bonchev–Trinajstić information content (AvgIpc) is 2.39. The van der Waals surface area contributed by atoms with Crippen molar-refractivity contribution < 1.29 is 17.9 Å². The molecule has 1 aromatic carbocycles. The highest BCUT2D eigenvalue weighted by Gasteiger charge is 2.30. The molecule has 0 amide bonds. The first kappa shape index (κ1) is 13.1. The smallest absolute Gasteiger partial charge is 0.417 e. The summed E-state index contributed by atoms with van der Waals surface area (Å²) in [5.74, 6) is 0.522. The maximum atomic E-state index is 12.3. The predicted octanol–water partition coefficient (Wildman–Crippen LogP) is 3.89. The van der Waals surface area contributed by atoms with E-state index in [0.29, 0.717) is 11.3 Å². The van der Waals surface area contributed by atoms with Gasteiger partial charge in [-0.15, -0.1) is 0 Å². The minimum atomic E-state index is -4.41. The summed E-state index contributed by atoms with van der Waals surface area (Å²) in [6.45, 7) is 0. The van der Waals surface area contributed by atoms with Gasteiger partial charge < -0.3 is 10.1 Å². The van der Waals surface area contributed by atoms with Crippen LogP contribution in [-0.2, 0) is 6.18 Å². The molecule has 1 heterocycles. The summed E-state index contributed by atoms with van der Waals surface area (Å²) in [6.07, 6.45) is -2.50. The topological polar surface area (TPSA) is 46.0 Å². The molecule has 0 bridgehead atoms. The van der Waals surface area contributed by atoms with E-state index in [-0.39, 0.29) is 5.88 Å². The molecule has 2 rings (SSSR count). The van der Waals surface area contributed by atoms with Crippen molar-refractivity contribution in [1.82, 2.24) is 4.98 Å². The van der Waals surface area contributed by atoms with Crippen molar-refractivity contribution in [3.05, 3.63) is 53.7 Å². The number of nitrogens with zero attached hydrogens (tertiary/aromatic N) is 1. The number of nitrogens with one attached hydrogen (secondary N) is 1. The van der Waals surface area contributed by atoms with Crippen molar-refractivity contribution in [2.24, 2.45) is 0 Å². The Balaban J connectivity index is 2.12. The quantitative estimate of drug-likeness (QED) is 0.856. The highest BCUT2D eigenvalue weighted by atomic mass is 19.4. The van der Waals surface area contributed by atoms with E-state index < -0.39 is 11.7 Å². The number of hydrogen-bond donors (Lipinski definition) is 1. The Kier molecular flexibility index (Phi) is 3.50. The molecule has 3 nitrogen and oxygen atoms in total. The van der Waals surface area contributed by atoms with Crippen LogP contribution in [0.3, 0.4) is 0 Å². The van der Waals surface area contributed by atoms with Gasteiger partial charge in [0.2, 0.25) is 5.88 Å². The van der Waals surface area contributed by atoms with Gasteiger partial charge in [0.25, 0.3) is 0 Å². The Morgan fingerprint density at radius 1 is 1.05 bits per heavy atom. The molecule has 0 spiro atoms. The average molecular weight is 266 g/mol. The van der Waals surface area contributed by atoms with E-state index in [4.69, 9.17) is 10.1 Å². The molecule has 6 heteroatoms. The van der Waals surface area contributed by atoms with Crippen molar-refractivity contribution >= 4 is 6.21 Å². The minimum absolute atomic E-state index is 0.0793. The lowest BCUT2D eigenvalue weighted by Crippen LogP contribution is -2.05. The predicted molar refractivity (Wildman–Crippen MR) is 63.6 cm³/mol. The lowest BCUT2D eigenvalue weighted by atomic mass is 10.2. The Labute approximate surface area is 107 Å². The molecular formula is C13H9F3N2O. The van der Waals surface area contributed by atoms with Crippen LogP contribution in [-0.4, -0.2) is 11.2 Å². The number of pyridine rings is 1. The van der Waals surface area contributed by atoms with Crippen LogP contribution >= 0.6 is 0 Å². The molecule has 0 unspecified atom stereocenters. The fraction of sp³-hybridized carbons (Fsp3) is 0.0769. The number of hydrogen-bond acceptors (Lipinski definition) is 3. The molecule has 0 saturated heterocycles. The van der Waals surface area contributed by atoms with Gasteiger partial charge in [0.1, 0.15) is 5.75 Å².